The summed E-state index contributed by atoms with van der Waals surface area (Å²) in [6, 6.07) is 0.569. The van der Waals surface area contributed by atoms with Gasteiger partial charge in [0, 0.05) is 18.3 Å². The van der Waals surface area contributed by atoms with Crippen molar-refractivity contribution < 1.29 is 0 Å². The molecule has 2 rings (SSSR count). The zero-order chi connectivity index (χ0) is 13.2. The summed E-state index contributed by atoms with van der Waals surface area (Å²) in [6.07, 6.45) is 5.36. The van der Waals surface area contributed by atoms with Crippen molar-refractivity contribution >= 4 is 11.8 Å². The van der Waals surface area contributed by atoms with E-state index in [1.54, 1.807) is 6.33 Å². The van der Waals surface area contributed by atoms with Gasteiger partial charge >= 0.3 is 0 Å². The van der Waals surface area contributed by atoms with Crippen molar-refractivity contribution in [3.05, 3.63) is 6.33 Å². The third kappa shape index (κ3) is 2.88. The minimum atomic E-state index is 0.380. The number of rotatable bonds is 5. The van der Waals surface area contributed by atoms with Crippen molar-refractivity contribution in [2.24, 2.45) is 12.5 Å². The number of nitrogens with zero attached hydrogens (tertiary/aromatic N) is 3. The van der Waals surface area contributed by atoms with Gasteiger partial charge in [-0.15, -0.1) is 0 Å². The van der Waals surface area contributed by atoms with Gasteiger partial charge in [-0.2, -0.15) is 5.10 Å². The molecule has 5 heteroatoms. The molecule has 0 bridgehead atoms. The van der Waals surface area contributed by atoms with Crippen LogP contribution in [-0.2, 0) is 7.05 Å². The van der Waals surface area contributed by atoms with Gasteiger partial charge in [0.15, 0.2) is 5.16 Å². The first-order valence-corrected chi connectivity index (χ1v) is 7.66. The van der Waals surface area contributed by atoms with Gasteiger partial charge in [-0.05, 0) is 31.2 Å². The van der Waals surface area contributed by atoms with Crippen LogP contribution in [0, 0.1) is 5.41 Å². The number of thioether (sulfide) groups is 1. The van der Waals surface area contributed by atoms with Gasteiger partial charge in [0.2, 0.25) is 0 Å². The molecule has 1 fully saturated rings. The number of nitrogens with one attached hydrogen (secondary N) is 1. The zero-order valence-corrected chi connectivity index (χ0v) is 12.6. The molecule has 2 atom stereocenters. The van der Waals surface area contributed by atoms with Crippen LogP contribution in [0.5, 0.6) is 0 Å². The maximum atomic E-state index is 4.33. The molecule has 2 unspecified atom stereocenters. The average molecular weight is 268 g/mol. The van der Waals surface area contributed by atoms with E-state index < -0.39 is 0 Å². The molecule has 1 aromatic rings. The minimum absolute atomic E-state index is 0.380. The Morgan fingerprint density at radius 3 is 2.94 bits per heavy atom. The Balaban J connectivity index is 2.05. The van der Waals surface area contributed by atoms with E-state index in [1.807, 2.05) is 23.5 Å². The molecule has 1 heterocycles. The quantitative estimate of drug-likeness (QED) is 0.891. The van der Waals surface area contributed by atoms with E-state index >= 15 is 0 Å². The summed E-state index contributed by atoms with van der Waals surface area (Å²) in [5.74, 6) is 0. The molecular weight excluding hydrogens is 244 g/mol. The predicted molar refractivity (Wildman–Crippen MR) is 75.7 cm³/mol. The molecule has 0 saturated heterocycles. The van der Waals surface area contributed by atoms with E-state index in [-0.39, 0.29) is 0 Å². The van der Waals surface area contributed by atoms with E-state index in [2.05, 4.69) is 36.2 Å². The fraction of sp³-hybridized carbons (Fsp3) is 0.846. The largest absolute Gasteiger partial charge is 0.312 e. The van der Waals surface area contributed by atoms with E-state index in [9.17, 15) is 0 Å². The van der Waals surface area contributed by atoms with Crippen molar-refractivity contribution in [3.8, 4) is 0 Å². The van der Waals surface area contributed by atoms with Crippen LogP contribution in [0.25, 0.3) is 0 Å². The highest BCUT2D eigenvalue weighted by Gasteiger charge is 2.42. The van der Waals surface area contributed by atoms with Crippen LogP contribution < -0.4 is 5.32 Å². The van der Waals surface area contributed by atoms with E-state index in [0.717, 1.165) is 11.7 Å². The van der Waals surface area contributed by atoms with Crippen molar-refractivity contribution in [1.29, 1.82) is 0 Å². The highest BCUT2D eigenvalue weighted by Crippen LogP contribution is 2.44. The van der Waals surface area contributed by atoms with Crippen molar-refractivity contribution in [3.63, 3.8) is 0 Å². The molecule has 4 nitrogen and oxygen atoms in total. The second-order valence-corrected chi connectivity index (χ2v) is 6.99. The van der Waals surface area contributed by atoms with Gasteiger partial charge in [-0.1, -0.05) is 32.5 Å². The van der Waals surface area contributed by atoms with Gasteiger partial charge in [0.05, 0.1) is 0 Å². The highest BCUT2D eigenvalue weighted by molar-refractivity contribution is 7.99. The standard InChI is InChI=1S/C13H24N4S/c1-5-8-14-11-10(6-7-13(11,2)3)18-12-15-9-16-17(12)4/h9-11,14H,5-8H2,1-4H3. The predicted octanol–water partition coefficient (Wildman–Crippen LogP) is 2.46. The normalized spacial score (nSPS) is 26.7. The molecule has 0 aliphatic heterocycles. The smallest absolute Gasteiger partial charge is 0.186 e. The first-order chi connectivity index (χ1) is 8.54. The second-order valence-electron chi connectivity index (χ2n) is 5.78. The molecule has 0 amide bonds. The van der Waals surface area contributed by atoms with Gasteiger partial charge in [0.1, 0.15) is 6.33 Å². The van der Waals surface area contributed by atoms with Crippen LogP contribution >= 0.6 is 11.8 Å². The summed E-state index contributed by atoms with van der Waals surface area (Å²) in [5, 5.41) is 9.51. The third-order valence-corrected chi connectivity index (χ3v) is 5.22. The van der Waals surface area contributed by atoms with Crippen LogP contribution in [0.3, 0.4) is 0 Å². The lowest BCUT2D eigenvalue weighted by atomic mass is 9.87. The van der Waals surface area contributed by atoms with Gasteiger partial charge in [-0.3, -0.25) is 0 Å². The molecule has 1 aromatic heterocycles. The molecule has 0 spiro atoms. The lowest BCUT2D eigenvalue weighted by Crippen LogP contribution is -2.43. The molecule has 1 saturated carbocycles. The molecule has 1 N–H and O–H groups in total. The molecule has 1 aliphatic carbocycles. The SMILES string of the molecule is CCCNC1C(Sc2ncnn2C)CCC1(C)C. The Hall–Kier alpha value is -0.550. The van der Waals surface area contributed by atoms with Crippen molar-refractivity contribution in [2.45, 2.75) is 56.5 Å². The number of hydrogen-bond acceptors (Lipinski definition) is 4. The maximum Gasteiger partial charge on any atom is 0.186 e. The molecule has 0 radical (unpaired) electrons. The zero-order valence-electron chi connectivity index (χ0n) is 11.8. The molecule has 1 aliphatic rings. The lowest BCUT2D eigenvalue weighted by Gasteiger charge is -2.31. The fourth-order valence-electron chi connectivity index (χ4n) is 2.70. The van der Waals surface area contributed by atoms with Crippen LogP contribution in [0.4, 0.5) is 0 Å². The van der Waals surface area contributed by atoms with Gasteiger partial charge < -0.3 is 5.32 Å². The van der Waals surface area contributed by atoms with E-state index in [4.69, 9.17) is 0 Å². The lowest BCUT2D eigenvalue weighted by molar-refractivity contribution is 0.287. The fourth-order valence-corrected chi connectivity index (χ4v) is 4.12. The summed E-state index contributed by atoms with van der Waals surface area (Å²) < 4.78 is 1.87. The third-order valence-electron chi connectivity index (χ3n) is 3.83. The summed E-state index contributed by atoms with van der Waals surface area (Å²) >= 11 is 1.87. The first kappa shape index (κ1) is 13.9. The number of hydrogen-bond donors (Lipinski definition) is 1. The second kappa shape index (κ2) is 5.61. The highest BCUT2D eigenvalue weighted by atomic mass is 32.2. The monoisotopic (exact) mass is 268 g/mol. The summed E-state index contributed by atoms with van der Waals surface area (Å²) in [5.41, 5.74) is 0.380. The summed E-state index contributed by atoms with van der Waals surface area (Å²) in [6.45, 7) is 8.07. The number of aromatic nitrogens is 3. The van der Waals surface area contributed by atoms with Crippen LogP contribution in [0.15, 0.2) is 11.5 Å². The number of aryl methyl sites for hydroxylation is 1. The first-order valence-electron chi connectivity index (χ1n) is 6.78. The van der Waals surface area contributed by atoms with Gasteiger partial charge in [0.25, 0.3) is 0 Å². The summed E-state index contributed by atoms with van der Waals surface area (Å²) in [4.78, 5) is 4.33. The Labute approximate surface area is 114 Å². The van der Waals surface area contributed by atoms with Crippen molar-refractivity contribution in [2.75, 3.05) is 6.54 Å². The maximum absolute atomic E-state index is 4.33. The molecule has 0 aromatic carbocycles. The van der Waals surface area contributed by atoms with Crippen LogP contribution in [0.1, 0.15) is 40.0 Å². The van der Waals surface area contributed by atoms with E-state index in [1.165, 1.54) is 19.3 Å². The molecule has 18 heavy (non-hydrogen) atoms. The van der Waals surface area contributed by atoms with Crippen molar-refractivity contribution in [1.82, 2.24) is 20.1 Å². The van der Waals surface area contributed by atoms with Gasteiger partial charge in [-0.25, -0.2) is 9.67 Å². The molecular formula is C13H24N4S. The summed E-state index contributed by atoms with van der Waals surface area (Å²) in [7, 11) is 1.96. The topological polar surface area (TPSA) is 42.7 Å². The minimum Gasteiger partial charge on any atom is -0.312 e. The Morgan fingerprint density at radius 1 is 1.56 bits per heavy atom. The Kier molecular flexibility index (Phi) is 4.33. The van der Waals surface area contributed by atoms with Crippen LogP contribution in [0.2, 0.25) is 0 Å². The molecule has 102 valence electrons. The Bertz CT molecular complexity index is 388. The Morgan fingerprint density at radius 2 is 2.33 bits per heavy atom. The van der Waals surface area contributed by atoms with E-state index in [0.29, 0.717) is 16.7 Å². The van der Waals surface area contributed by atoms with Crippen LogP contribution in [-0.4, -0.2) is 32.6 Å². The average Bonchev–Trinajstić information content (AvgIpc) is 2.83.